The van der Waals surface area contributed by atoms with E-state index in [0.717, 1.165) is 22.6 Å². The Labute approximate surface area is 109 Å². The molecule has 1 N–H and O–H groups in total. The molecule has 0 aliphatic carbocycles. The Morgan fingerprint density at radius 3 is 2.56 bits per heavy atom. The van der Waals surface area contributed by atoms with Gasteiger partial charge in [0.25, 0.3) is 0 Å². The second kappa shape index (κ2) is 6.71. The van der Waals surface area contributed by atoms with Crippen LogP contribution < -0.4 is 4.74 Å². The number of pyridine rings is 1. The minimum Gasteiger partial charge on any atom is -0.496 e. The average molecular weight is 253 g/mol. The summed E-state index contributed by atoms with van der Waals surface area (Å²) in [6.07, 6.45) is 1.85. The third kappa shape index (κ3) is 3.43. The van der Waals surface area contributed by atoms with E-state index < -0.39 is 6.10 Å². The first-order valence-electron chi connectivity index (χ1n) is 6.17. The van der Waals surface area contributed by atoms with Gasteiger partial charge in [-0.3, -0.25) is 4.98 Å². The number of aromatic nitrogens is 1. The van der Waals surface area contributed by atoms with Crippen molar-refractivity contribution in [1.29, 1.82) is 0 Å². The van der Waals surface area contributed by atoms with E-state index in [1.54, 1.807) is 20.4 Å². The summed E-state index contributed by atoms with van der Waals surface area (Å²) in [6.45, 7) is 6.45. The maximum absolute atomic E-state index is 10.1. The number of aryl methyl sites for hydroxylation is 1. The highest BCUT2D eigenvalue weighted by atomic mass is 16.5. The van der Waals surface area contributed by atoms with Crippen LogP contribution in [0.3, 0.4) is 0 Å². The van der Waals surface area contributed by atoms with Gasteiger partial charge < -0.3 is 14.6 Å². The monoisotopic (exact) mass is 253 g/mol. The van der Waals surface area contributed by atoms with Gasteiger partial charge in [-0.15, -0.1) is 0 Å². The Hall–Kier alpha value is -1.13. The highest BCUT2D eigenvalue weighted by molar-refractivity contribution is 5.41. The molecule has 0 radical (unpaired) electrons. The highest BCUT2D eigenvalue weighted by Gasteiger charge is 2.18. The lowest BCUT2D eigenvalue weighted by atomic mass is 9.98. The molecule has 0 bridgehead atoms. The van der Waals surface area contributed by atoms with Crippen LogP contribution in [-0.4, -0.2) is 37.0 Å². The largest absolute Gasteiger partial charge is 0.496 e. The number of aliphatic hydroxyl groups excluding tert-OH is 1. The molecule has 2 atom stereocenters. The molecular weight excluding hydrogens is 230 g/mol. The van der Waals surface area contributed by atoms with Crippen molar-refractivity contribution in [2.75, 3.05) is 20.8 Å². The zero-order valence-electron chi connectivity index (χ0n) is 11.9. The van der Waals surface area contributed by atoms with Crippen LogP contribution in [-0.2, 0) is 11.2 Å². The fourth-order valence-corrected chi connectivity index (χ4v) is 2.05. The summed E-state index contributed by atoms with van der Waals surface area (Å²) in [6, 6.07) is 0. The molecule has 2 unspecified atom stereocenters. The third-order valence-electron chi connectivity index (χ3n) is 3.24. The topological polar surface area (TPSA) is 51.6 Å². The van der Waals surface area contributed by atoms with Crippen molar-refractivity contribution in [3.8, 4) is 5.75 Å². The normalized spacial score (nSPS) is 14.3. The minimum atomic E-state index is -0.455. The first-order valence-corrected chi connectivity index (χ1v) is 6.17. The van der Waals surface area contributed by atoms with E-state index >= 15 is 0 Å². The molecule has 4 heteroatoms. The van der Waals surface area contributed by atoms with Crippen LogP contribution in [0.5, 0.6) is 5.75 Å². The van der Waals surface area contributed by atoms with Gasteiger partial charge >= 0.3 is 0 Å². The maximum Gasteiger partial charge on any atom is 0.128 e. The van der Waals surface area contributed by atoms with E-state index in [0.29, 0.717) is 13.0 Å². The molecule has 0 saturated heterocycles. The Balaban J connectivity index is 2.85. The number of hydrogen-bond acceptors (Lipinski definition) is 4. The first-order chi connectivity index (χ1) is 8.51. The second-order valence-corrected chi connectivity index (χ2v) is 4.75. The molecule has 0 spiro atoms. The van der Waals surface area contributed by atoms with Gasteiger partial charge in [0.1, 0.15) is 5.75 Å². The molecule has 102 valence electrons. The zero-order valence-corrected chi connectivity index (χ0v) is 11.9. The molecule has 0 aliphatic heterocycles. The molecule has 1 rings (SSSR count). The van der Waals surface area contributed by atoms with Crippen LogP contribution in [0.15, 0.2) is 6.20 Å². The molecule has 0 aliphatic rings. The summed E-state index contributed by atoms with van der Waals surface area (Å²) < 4.78 is 10.4. The predicted molar refractivity (Wildman–Crippen MR) is 71.0 cm³/mol. The van der Waals surface area contributed by atoms with E-state index in [1.165, 1.54) is 0 Å². The van der Waals surface area contributed by atoms with Crippen molar-refractivity contribution in [1.82, 2.24) is 4.98 Å². The van der Waals surface area contributed by atoms with E-state index in [4.69, 9.17) is 9.47 Å². The maximum atomic E-state index is 10.1. The lowest BCUT2D eigenvalue weighted by Crippen LogP contribution is -2.25. The number of hydrogen-bond donors (Lipinski definition) is 1. The quantitative estimate of drug-likeness (QED) is 0.841. The number of aliphatic hydroxyl groups is 1. The molecule has 4 nitrogen and oxygen atoms in total. The summed E-state index contributed by atoms with van der Waals surface area (Å²) in [5, 5.41) is 10.1. The number of methoxy groups -OCH3 is 2. The van der Waals surface area contributed by atoms with Crippen molar-refractivity contribution in [3.63, 3.8) is 0 Å². The van der Waals surface area contributed by atoms with Crippen LogP contribution in [0.25, 0.3) is 0 Å². The van der Waals surface area contributed by atoms with Crippen LogP contribution >= 0.6 is 0 Å². The van der Waals surface area contributed by atoms with Gasteiger partial charge in [-0.2, -0.15) is 0 Å². The van der Waals surface area contributed by atoms with Crippen molar-refractivity contribution in [3.05, 3.63) is 23.0 Å². The van der Waals surface area contributed by atoms with Crippen molar-refractivity contribution in [2.45, 2.75) is 33.3 Å². The zero-order chi connectivity index (χ0) is 13.7. The summed E-state index contributed by atoms with van der Waals surface area (Å²) in [5.74, 6) is 0.940. The summed E-state index contributed by atoms with van der Waals surface area (Å²) in [7, 11) is 3.30. The van der Waals surface area contributed by atoms with Gasteiger partial charge in [0.2, 0.25) is 0 Å². The molecule has 0 aromatic carbocycles. The average Bonchev–Trinajstić information content (AvgIpc) is 2.33. The Kier molecular flexibility index (Phi) is 5.56. The molecule has 0 amide bonds. The molecule has 0 fully saturated rings. The minimum absolute atomic E-state index is 0.0866. The molecule has 18 heavy (non-hydrogen) atoms. The lowest BCUT2D eigenvalue weighted by Gasteiger charge is -2.19. The van der Waals surface area contributed by atoms with Crippen molar-refractivity contribution >= 4 is 0 Å². The molecular formula is C14H23NO3. The van der Waals surface area contributed by atoms with Crippen molar-refractivity contribution < 1.29 is 14.6 Å². The highest BCUT2D eigenvalue weighted by Crippen LogP contribution is 2.25. The van der Waals surface area contributed by atoms with Crippen LogP contribution in [0.4, 0.5) is 0 Å². The second-order valence-electron chi connectivity index (χ2n) is 4.75. The number of rotatable bonds is 6. The van der Waals surface area contributed by atoms with E-state index in [1.807, 2.05) is 20.8 Å². The van der Waals surface area contributed by atoms with E-state index in [9.17, 15) is 5.11 Å². The summed E-state index contributed by atoms with van der Waals surface area (Å²) in [4.78, 5) is 4.39. The third-order valence-corrected chi connectivity index (χ3v) is 3.24. The van der Waals surface area contributed by atoms with Gasteiger partial charge in [-0.05, 0) is 13.8 Å². The van der Waals surface area contributed by atoms with E-state index in [2.05, 4.69) is 4.98 Å². The summed E-state index contributed by atoms with van der Waals surface area (Å²) in [5.41, 5.74) is 2.90. The number of ether oxygens (including phenoxy) is 2. The van der Waals surface area contributed by atoms with Gasteiger partial charge in [-0.1, -0.05) is 6.92 Å². The lowest BCUT2D eigenvalue weighted by molar-refractivity contribution is 0.0568. The molecule has 1 heterocycles. The first kappa shape index (κ1) is 14.9. The molecule has 1 aromatic rings. The molecule has 0 saturated carbocycles. The SMILES string of the molecule is COCC(C)C(O)Cc1ncc(C)c(OC)c1C. The summed E-state index contributed by atoms with van der Waals surface area (Å²) >= 11 is 0. The Morgan fingerprint density at radius 2 is 2.00 bits per heavy atom. The van der Waals surface area contributed by atoms with Crippen LogP contribution in [0, 0.1) is 19.8 Å². The Morgan fingerprint density at radius 1 is 1.33 bits per heavy atom. The fourth-order valence-electron chi connectivity index (χ4n) is 2.05. The smallest absolute Gasteiger partial charge is 0.128 e. The van der Waals surface area contributed by atoms with Crippen LogP contribution in [0.1, 0.15) is 23.7 Å². The standard InChI is InChI=1S/C14H23NO3/c1-9-7-15-12(11(3)14(9)18-5)6-13(16)10(2)8-17-4/h7,10,13,16H,6,8H2,1-5H3. The van der Waals surface area contributed by atoms with Crippen LogP contribution in [0.2, 0.25) is 0 Å². The predicted octanol–water partition coefficient (Wildman–Crippen LogP) is 1.89. The number of nitrogens with zero attached hydrogens (tertiary/aromatic N) is 1. The van der Waals surface area contributed by atoms with Gasteiger partial charge in [-0.25, -0.2) is 0 Å². The Bertz CT molecular complexity index is 393. The fraction of sp³-hybridized carbons (Fsp3) is 0.643. The molecule has 1 aromatic heterocycles. The van der Waals surface area contributed by atoms with Gasteiger partial charge in [0.15, 0.2) is 0 Å². The van der Waals surface area contributed by atoms with E-state index in [-0.39, 0.29) is 5.92 Å². The van der Waals surface area contributed by atoms with Gasteiger partial charge in [0.05, 0.1) is 19.8 Å². The van der Waals surface area contributed by atoms with Gasteiger partial charge in [0, 0.05) is 42.5 Å². The van der Waals surface area contributed by atoms with Crippen molar-refractivity contribution in [2.24, 2.45) is 5.92 Å².